The zero-order chi connectivity index (χ0) is 15.9. The van der Waals surface area contributed by atoms with Crippen molar-refractivity contribution in [1.29, 1.82) is 0 Å². The van der Waals surface area contributed by atoms with Crippen LogP contribution in [0.5, 0.6) is 0 Å². The molecule has 0 unspecified atom stereocenters. The average molecular weight is 310 g/mol. The topological polar surface area (TPSA) is 149 Å². The highest BCUT2D eigenvalue weighted by atomic mass is 16.7. The minimum absolute atomic E-state index is 0.793. The van der Waals surface area contributed by atoms with Gasteiger partial charge in [-0.1, -0.05) is 0 Å². The second-order valence-corrected chi connectivity index (χ2v) is 5.50. The van der Waals surface area contributed by atoms with Gasteiger partial charge in [0, 0.05) is 0 Å². The molecule has 0 radical (unpaired) electrons. The monoisotopic (exact) mass is 310 g/mol. The van der Waals surface area contributed by atoms with Crippen LogP contribution in [0.15, 0.2) is 0 Å². The van der Waals surface area contributed by atoms with E-state index >= 15 is 0 Å². The van der Waals surface area contributed by atoms with Gasteiger partial charge in [-0.2, -0.15) is 0 Å². The van der Waals surface area contributed by atoms with Crippen molar-refractivity contribution >= 4 is 0 Å². The second kappa shape index (κ2) is 6.41. The summed E-state index contributed by atoms with van der Waals surface area (Å²) in [7, 11) is 0. The number of aliphatic hydroxyl groups excluding tert-OH is 6. The molecular weight excluding hydrogens is 288 g/mol. The van der Waals surface area contributed by atoms with Gasteiger partial charge in [-0.15, -0.1) is 0 Å². The summed E-state index contributed by atoms with van der Waals surface area (Å²) in [6.07, 6.45) is -13.0. The minimum atomic E-state index is -1.58. The molecule has 2 rings (SSSR count). The Kier molecular flexibility index (Phi) is 5.19. The molecule has 2 saturated heterocycles. The molecule has 0 aliphatic carbocycles. The van der Waals surface area contributed by atoms with Crippen LogP contribution >= 0.6 is 0 Å². The first kappa shape index (κ1) is 17.0. The molecule has 0 spiro atoms. The molecule has 2 fully saturated rings. The van der Waals surface area contributed by atoms with Crippen molar-refractivity contribution in [2.24, 2.45) is 0 Å². The van der Waals surface area contributed by atoms with E-state index in [4.69, 9.17) is 14.2 Å². The molecule has 9 nitrogen and oxygen atoms in total. The molecule has 10 atom stereocenters. The van der Waals surface area contributed by atoms with Gasteiger partial charge < -0.3 is 44.8 Å². The summed E-state index contributed by atoms with van der Waals surface area (Å²) in [4.78, 5) is 0. The minimum Gasteiger partial charge on any atom is -0.388 e. The van der Waals surface area contributed by atoms with E-state index in [9.17, 15) is 30.6 Å². The average Bonchev–Trinajstić information content (AvgIpc) is 2.44. The maximum Gasteiger partial charge on any atom is 0.187 e. The summed E-state index contributed by atoms with van der Waals surface area (Å²) in [5.41, 5.74) is 0. The van der Waals surface area contributed by atoms with Gasteiger partial charge in [0.2, 0.25) is 0 Å². The van der Waals surface area contributed by atoms with Gasteiger partial charge in [-0.3, -0.25) is 0 Å². The summed E-state index contributed by atoms with van der Waals surface area (Å²) in [5.74, 6) is 0. The zero-order valence-corrected chi connectivity index (χ0v) is 11.7. The first-order chi connectivity index (χ1) is 9.73. The molecule has 2 aliphatic rings. The van der Waals surface area contributed by atoms with E-state index in [2.05, 4.69) is 0 Å². The summed E-state index contributed by atoms with van der Waals surface area (Å²) < 4.78 is 15.5. The van der Waals surface area contributed by atoms with Crippen LogP contribution in [0.2, 0.25) is 0 Å². The fraction of sp³-hybridized carbons (Fsp3) is 1.00. The third kappa shape index (κ3) is 3.21. The van der Waals surface area contributed by atoms with E-state index in [1.807, 2.05) is 0 Å². The molecule has 0 aromatic rings. The molecule has 6 N–H and O–H groups in total. The van der Waals surface area contributed by atoms with Crippen LogP contribution in [0.4, 0.5) is 0 Å². The van der Waals surface area contributed by atoms with Gasteiger partial charge in [-0.05, 0) is 13.8 Å². The largest absolute Gasteiger partial charge is 0.388 e. The van der Waals surface area contributed by atoms with E-state index < -0.39 is 61.4 Å². The molecule has 21 heavy (non-hydrogen) atoms. The zero-order valence-electron chi connectivity index (χ0n) is 11.7. The number of ether oxygens (including phenoxy) is 3. The van der Waals surface area contributed by atoms with Crippen LogP contribution in [0, 0.1) is 0 Å². The molecule has 0 amide bonds. The van der Waals surface area contributed by atoms with Gasteiger partial charge in [0.15, 0.2) is 12.6 Å². The standard InChI is InChI=1S/C12H22O9/c1-3-6(14)8(16)10(11(18)19-3)21-12-9(17)7(15)5(13)4(2)20-12/h3-18H,1-2H3/t3-,4+,5-,6-,7-,8+,9+,10+,11-,12+/m0/s1. The third-order valence-electron chi connectivity index (χ3n) is 3.90. The predicted molar refractivity (Wildman–Crippen MR) is 65.8 cm³/mol. The molecule has 0 aromatic heterocycles. The van der Waals surface area contributed by atoms with E-state index in [0.29, 0.717) is 0 Å². The lowest BCUT2D eigenvalue weighted by molar-refractivity contribution is -0.356. The van der Waals surface area contributed by atoms with Crippen molar-refractivity contribution in [3.05, 3.63) is 0 Å². The van der Waals surface area contributed by atoms with Crippen LogP contribution in [-0.4, -0.2) is 92.1 Å². The van der Waals surface area contributed by atoms with E-state index in [1.165, 1.54) is 13.8 Å². The quantitative estimate of drug-likeness (QED) is 0.308. The number of aliphatic hydroxyl groups is 6. The highest BCUT2D eigenvalue weighted by molar-refractivity contribution is 4.91. The summed E-state index contributed by atoms with van der Waals surface area (Å²) in [6, 6.07) is 0. The lowest BCUT2D eigenvalue weighted by atomic mass is 9.98. The highest BCUT2D eigenvalue weighted by Gasteiger charge is 2.48. The molecule has 0 aromatic carbocycles. The van der Waals surface area contributed by atoms with E-state index in [-0.39, 0.29) is 0 Å². The smallest absolute Gasteiger partial charge is 0.187 e. The third-order valence-corrected chi connectivity index (χ3v) is 3.90. The number of hydrogen-bond acceptors (Lipinski definition) is 9. The Morgan fingerprint density at radius 1 is 0.667 bits per heavy atom. The Morgan fingerprint density at radius 2 is 1.19 bits per heavy atom. The Bertz CT molecular complexity index is 354. The number of rotatable bonds is 2. The second-order valence-electron chi connectivity index (χ2n) is 5.50. The lowest BCUT2D eigenvalue weighted by Crippen LogP contribution is -2.62. The fourth-order valence-corrected chi connectivity index (χ4v) is 2.45. The maximum atomic E-state index is 9.91. The van der Waals surface area contributed by atoms with Crippen LogP contribution in [-0.2, 0) is 14.2 Å². The maximum absolute atomic E-state index is 9.91. The van der Waals surface area contributed by atoms with Gasteiger partial charge in [0.25, 0.3) is 0 Å². The van der Waals surface area contributed by atoms with E-state index in [1.54, 1.807) is 0 Å². The summed E-state index contributed by atoms with van der Waals surface area (Å²) in [5, 5.41) is 58.5. The molecule has 124 valence electrons. The van der Waals surface area contributed by atoms with Crippen molar-refractivity contribution in [2.75, 3.05) is 0 Å². The fourth-order valence-electron chi connectivity index (χ4n) is 2.45. The molecule has 0 bridgehead atoms. The van der Waals surface area contributed by atoms with Crippen molar-refractivity contribution in [3.8, 4) is 0 Å². The Morgan fingerprint density at radius 3 is 1.81 bits per heavy atom. The number of hydrogen-bond donors (Lipinski definition) is 6. The predicted octanol–water partition coefficient (Wildman–Crippen LogP) is -3.34. The van der Waals surface area contributed by atoms with Gasteiger partial charge in [0.05, 0.1) is 12.2 Å². The lowest BCUT2D eigenvalue weighted by Gasteiger charge is -2.44. The van der Waals surface area contributed by atoms with Crippen molar-refractivity contribution in [2.45, 2.75) is 75.3 Å². The van der Waals surface area contributed by atoms with Crippen LogP contribution in [0.3, 0.4) is 0 Å². The van der Waals surface area contributed by atoms with Crippen LogP contribution in [0.1, 0.15) is 13.8 Å². The molecule has 2 aliphatic heterocycles. The molecule has 0 saturated carbocycles. The molecule has 2 heterocycles. The first-order valence-electron chi connectivity index (χ1n) is 6.78. The van der Waals surface area contributed by atoms with Gasteiger partial charge in [0.1, 0.15) is 36.6 Å². The van der Waals surface area contributed by atoms with Gasteiger partial charge in [-0.25, -0.2) is 0 Å². The normalized spacial score (nSPS) is 55.4. The summed E-state index contributed by atoms with van der Waals surface area (Å²) >= 11 is 0. The van der Waals surface area contributed by atoms with Crippen LogP contribution in [0.25, 0.3) is 0 Å². The Hall–Kier alpha value is -0.360. The van der Waals surface area contributed by atoms with Crippen LogP contribution < -0.4 is 0 Å². The Labute approximate surface area is 121 Å². The van der Waals surface area contributed by atoms with Gasteiger partial charge >= 0.3 is 0 Å². The van der Waals surface area contributed by atoms with Crippen molar-refractivity contribution in [1.82, 2.24) is 0 Å². The highest BCUT2D eigenvalue weighted by Crippen LogP contribution is 2.28. The Balaban J connectivity index is 2.06. The summed E-state index contributed by atoms with van der Waals surface area (Å²) in [6.45, 7) is 2.94. The molecular formula is C12H22O9. The van der Waals surface area contributed by atoms with Crippen molar-refractivity contribution < 1.29 is 44.8 Å². The van der Waals surface area contributed by atoms with Crippen molar-refractivity contribution in [3.63, 3.8) is 0 Å². The SMILES string of the molecule is C[C@@H]1O[C@H](O)[C@H](O[C@H]2O[C@H](C)[C@H](O)[C@H](O)[C@H]2O)[C@H](O)[C@H]1O. The molecule has 9 heteroatoms. The van der Waals surface area contributed by atoms with E-state index in [0.717, 1.165) is 0 Å². The first-order valence-corrected chi connectivity index (χ1v) is 6.78.